The van der Waals surface area contributed by atoms with Crippen LogP contribution in [-0.4, -0.2) is 45.1 Å². The van der Waals surface area contributed by atoms with Crippen LogP contribution in [-0.2, 0) is 27.9 Å². The van der Waals surface area contributed by atoms with Crippen molar-refractivity contribution in [1.82, 2.24) is 14.3 Å². The number of nitrogens with one attached hydrogen (secondary N) is 2. The molecule has 122 valence electrons. The van der Waals surface area contributed by atoms with Crippen molar-refractivity contribution < 1.29 is 17.9 Å². The first kappa shape index (κ1) is 16.7. The molecule has 0 saturated heterocycles. The molecule has 1 heterocycles. The van der Waals surface area contributed by atoms with Crippen molar-refractivity contribution >= 4 is 16.3 Å². The predicted octanol–water partition coefficient (Wildman–Crippen LogP) is 0.625. The van der Waals surface area contributed by atoms with Crippen LogP contribution in [0.3, 0.4) is 0 Å². The van der Waals surface area contributed by atoms with Crippen LogP contribution in [0.15, 0.2) is 24.3 Å². The van der Waals surface area contributed by atoms with Crippen molar-refractivity contribution in [2.75, 3.05) is 26.2 Å². The number of ether oxygens (including phenoxy) is 1. The van der Waals surface area contributed by atoms with Crippen molar-refractivity contribution in [3.05, 3.63) is 35.4 Å². The third kappa shape index (κ3) is 4.43. The lowest BCUT2D eigenvalue weighted by Gasteiger charge is -2.28. The Labute approximate surface area is 130 Å². The molecule has 1 aromatic carbocycles. The first-order valence-electron chi connectivity index (χ1n) is 7.25. The highest BCUT2D eigenvalue weighted by Crippen LogP contribution is 2.19. The van der Waals surface area contributed by atoms with Crippen LogP contribution < -0.4 is 10.0 Å². The van der Waals surface area contributed by atoms with Gasteiger partial charge < -0.3 is 10.1 Å². The van der Waals surface area contributed by atoms with Gasteiger partial charge in [0, 0.05) is 26.2 Å². The Morgan fingerprint density at radius 1 is 1.32 bits per heavy atom. The van der Waals surface area contributed by atoms with Crippen LogP contribution in [0.2, 0.25) is 0 Å². The minimum absolute atomic E-state index is 0.00447. The Kier molecular flexibility index (Phi) is 5.76. The monoisotopic (exact) mass is 327 g/mol. The maximum atomic E-state index is 12.2. The van der Waals surface area contributed by atoms with E-state index in [1.807, 2.05) is 24.3 Å². The summed E-state index contributed by atoms with van der Waals surface area (Å²) < 4.78 is 33.1. The SMILES string of the molecule is CCNC(=O)OCCNS(=O)(=O)N1CCc2ccccc2C1. The normalized spacial score (nSPS) is 15.1. The molecular formula is C14H21N3O4S. The zero-order chi connectivity index (χ0) is 16.0. The Bertz CT molecular complexity index is 618. The van der Waals surface area contributed by atoms with Gasteiger partial charge >= 0.3 is 6.09 Å². The Hall–Kier alpha value is -1.64. The zero-order valence-corrected chi connectivity index (χ0v) is 13.4. The van der Waals surface area contributed by atoms with E-state index in [1.54, 1.807) is 6.92 Å². The molecule has 0 spiro atoms. The second-order valence-electron chi connectivity index (χ2n) is 4.92. The molecule has 0 atom stereocenters. The van der Waals surface area contributed by atoms with Crippen LogP contribution in [0.25, 0.3) is 0 Å². The van der Waals surface area contributed by atoms with Gasteiger partial charge in [-0.2, -0.15) is 17.4 Å². The van der Waals surface area contributed by atoms with Crippen molar-refractivity contribution in [2.45, 2.75) is 19.9 Å². The Morgan fingerprint density at radius 3 is 2.77 bits per heavy atom. The summed E-state index contributed by atoms with van der Waals surface area (Å²) in [6.45, 7) is 3.11. The van der Waals surface area contributed by atoms with Crippen LogP contribution in [0, 0.1) is 0 Å². The fourth-order valence-corrected chi connectivity index (χ4v) is 3.44. The number of carbonyl (C=O) groups excluding carboxylic acids is 1. The quantitative estimate of drug-likeness (QED) is 0.750. The van der Waals surface area contributed by atoms with Gasteiger partial charge in [-0.15, -0.1) is 0 Å². The fourth-order valence-electron chi connectivity index (χ4n) is 2.28. The number of rotatable bonds is 6. The highest BCUT2D eigenvalue weighted by molar-refractivity contribution is 7.87. The maximum absolute atomic E-state index is 12.2. The summed E-state index contributed by atoms with van der Waals surface area (Å²) in [4.78, 5) is 11.1. The standard InChI is InChI=1S/C14H21N3O4S/c1-2-15-14(18)21-10-8-16-22(19,20)17-9-7-12-5-3-4-6-13(12)11-17/h3-6,16H,2,7-11H2,1H3,(H,15,18). The van der Waals surface area contributed by atoms with Crippen LogP contribution in [0.5, 0.6) is 0 Å². The lowest BCUT2D eigenvalue weighted by Crippen LogP contribution is -2.44. The summed E-state index contributed by atoms with van der Waals surface area (Å²) in [5, 5.41) is 2.47. The van der Waals surface area contributed by atoms with E-state index in [0.717, 1.165) is 5.56 Å². The van der Waals surface area contributed by atoms with Gasteiger partial charge in [-0.05, 0) is 24.5 Å². The molecule has 2 rings (SSSR count). The summed E-state index contributed by atoms with van der Waals surface area (Å²) in [6, 6.07) is 7.82. The second-order valence-corrected chi connectivity index (χ2v) is 6.67. The molecule has 0 unspecified atom stereocenters. The van der Waals surface area contributed by atoms with E-state index in [2.05, 4.69) is 10.0 Å². The molecule has 0 fully saturated rings. The average Bonchev–Trinajstić information content (AvgIpc) is 2.51. The van der Waals surface area contributed by atoms with Gasteiger partial charge in [0.2, 0.25) is 0 Å². The number of hydrogen-bond acceptors (Lipinski definition) is 4. The Balaban J connectivity index is 1.83. The van der Waals surface area contributed by atoms with E-state index in [9.17, 15) is 13.2 Å². The molecule has 0 saturated carbocycles. The van der Waals surface area contributed by atoms with Gasteiger partial charge in [0.15, 0.2) is 0 Å². The average molecular weight is 327 g/mol. The number of hydrogen-bond donors (Lipinski definition) is 2. The number of nitrogens with zero attached hydrogens (tertiary/aromatic N) is 1. The smallest absolute Gasteiger partial charge is 0.407 e. The molecule has 1 aromatic rings. The number of benzene rings is 1. The molecule has 7 nitrogen and oxygen atoms in total. The van der Waals surface area contributed by atoms with Gasteiger partial charge in [-0.1, -0.05) is 24.3 Å². The van der Waals surface area contributed by atoms with Gasteiger partial charge in [-0.3, -0.25) is 0 Å². The third-order valence-electron chi connectivity index (χ3n) is 3.38. The zero-order valence-electron chi connectivity index (χ0n) is 12.5. The predicted molar refractivity (Wildman–Crippen MR) is 82.5 cm³/mol. The number of fused-ring (bicyclic) bond motifs is 1. The van der Waals surface area contributed by atoms with Gasteiger partial charge in [0.05, 0.1) is 0 Å². The lowest BCUT2D eigenvalue weighted by atomic mass is 10.0. The largest absolute Gasteiger partial charge is 0.448 e. The number of alkyl carbamates (subject to hydrolysis) is 1. The van der Waals surface area contributed by atoms with E-state index < -0.39 is 16.3 Å². The molecule has 0 bridgehead atoms. The molecule has 0 radical (unpaired) electrons. The van der Waals surface area contributed by atoms with Crippen molar-refractivity contribution in [2.24, 2.45) is 0 Å². The minimum Gasteiger partial charge on any atom is -0.448 e. The first-order chi connectivity index (χ1) is 10.5. The van der Waals surface area contributed by atoms with Gasteiger partial charge in [0.25, 0.3) is 10.2 Å². The van der Waals surface area contributed by atoms with E-state index in [-0.39, 0.29) is 13.2 Å². The molecule has 2 N–H and O–H groups in total. The maximum Gasteiger partial charge on any atom is 0.407 e. The van der Waals surface area contributed by atoms with Crippen LogP contribution in [0.4, 0.5) is 4.79 Å². The minimum atomic E-state index is -3.56. The third-order valence-corrected chi connectivity index (χ3v) is 4.94. The molecule has 1 amide bonds. The molecule has 0 aromatic heterocycles. The van der Waals surface area contributed by atoms with E-state index in [4.69, 9.17) is 4.74 Å². The molecule has 1 aliphatic heterocycles. The number of carbonyl (C=O) groups is 1. The van der Waals surface area contributed by atoms with Crippen molar-refractivity contribution in [3.8, 4) is 0 Å². The van der Waals surface area contributed by atoms with E-state index in [0.29, 0.717) is 26.1 Å². The second kappa shape index (κ2) is 7.57. The van der Waals surface area contributed by atoms with Crippen molar-refractivity contribution in [3.63, 3.8) is 0 Å². The van der Waals surface area contributed by atoms with Gasteiger partial charge in [0.1, 0.15) is 6.61 Å². The number of amides is 1. The topological polar surface area (TPSA) is 87.7 Å². The fraction of sp³-hybridized carbons (Fsp3) is 0.500. The summed E-state index contributed by atoms with van der Waals surface area (Å²) in [5.74, 6) is 0. The molecule has 8 heteroatoms. The highest BCUT2D eigenvalue weighted by Gasteiger charge is 2.25. The molecule has 0 aliphatic carbocycles. The highest BCUT2D eigenvalue weighted by atomic mass is 32.2. The van der Waals surface area contributed by atoms with E-state index in [1.165, 1.54) is 9.87 Å². The first-order valence-corrected chi connectivity index (χ1v) is 8.69. The summed E-state index contributed by atoms with van der Waals surface area (Å²) >= 11 is 0. The Morgan fingerprint density at radius 2 is 2.05 bits per heavy atom. The van der Waals surface area contributed by atoms with E-state index >= 15 is 0 Å². The van der Waals surface area contributed by atoms with Gasteiger partial charge in [-0.25, -0.2) is 4.79 Å². The lowest BCUT2D eigenvalue weighted by molar-refractivity contribution is 0.148. The summed E-state index contributed by atoms with van der Waals surface area (Å²) in [6.07, 6.45) is 0.153. The van der Waals surface area contributed by atoms with Crippen LogP contribution >= 0.6 is 0 Å². The molecule has 1 aliphatic rings. The summed E-state index contributed by atoms with van der Waals surface area (Å²) in [5.41, 5.74) is 2.21. The summed E-state index contributed by atoms with van der Waals surface area (Å²) in [7, 11) is -3.56. The molecular weight excluding hydrogens is 306 g/mol. The molecule has 22 heavy (non-hydrogen) atoms. The van der Waals surface area contributed by atoms with Crippen LogP contribution in [0.1, 0.15) is 18.1 Å². The van der Waals surface area contributed by atoms with Crippen molar-refractivity contribution in [1.29, 1.82) is 0 Å².